The summed E-state index contributed by atoms with van der Waals surface area (Å²) < 4.78 is 5.41. The molecule has 1 aliphatic rings. The maximum absolute atomic E-state index is 12.5. The predicted molar refractivity (Wildman–Crippen MR) is 96.3 cm³/mol. The number of hydrogen-bond acceptors (Lipinski definition) is 3. The van der Waals surface area contributed by atoms with Gasteiger partial charge in [0.15, 0.2) is 0 Å². The first-order valence-electron chi connectivity index (χ1n) is 8.26. The number of rotatable bonds is 6. The molecule has 0 bridgehead atoms. The minimum Gasteiger partial charge on any atom is -0.496 e. The second-order valence-corrected chi connectivity index (χ2v) is 6.62. The zero-order valence-electron chi connectivity index (χ0n) is 14.5. The molecular weight excluding hydrogens is 300 g/mol. The van der Waals surface area contributed by atoms with Crippen molar-refractivity contribution in [1.29, 1.82) is 0 Å². The second kappa shape index (κ2) is 7.05. The molecular formula is C20H24N2O2. The highest BCUT2D eigenvalue weighted by Gasteiger charge is 2.45. The van der Waals surface area contributed by atoms with Crippen LogP contribution in [-0.4, -0.2) is 32.0 Å². The molecule has 0 spiro atoms. The third-order valence-corrected chi connectivity index (χ3v) is 4.36. The van der Waals surface area contributed by atoms with Gasteiger partial charge in [0.05, 0.1) is 7.11 Å². The van der Waals surface area contributed by atoms with Gasteiger partial charge in [-0.3, -0.25) is 4.79 Å². The number of nitrogens with one attached hydrogen (secondary N) is 1. The first-order valence-corrected chi connectivity index (χ1v) is 8.26. The monoisotopic (exact) mass is 324 g/mol. The number of benzene rings is 2. The molecule has 2 atom stereocenters. The highest BCUT2D eigenvalue weighted by molar-refractivity contribution is 5.95. The molecule has 3 rings (SSSR count). The third kappa shape index (κ3) is 3.77. The SMILES string of the molecule is COc1ccccc1[C@@H]1C[C@@H]1C(=O)Nc1cccc(CN(C)C)c1. The molecule has 1 aliphatic carbocycles. The standard InChI is InChI=1S/C20H24N2O2/c1-22(2)13-14-7-6-8-15(11-14)21-20(23)18-12-17(18)16-9-4-5-10-19(16)24-3/h4-11,17-18H,12-13H2,1-3H3,(H,21,23)/t17-,18-/m0/s1. The van der Waals surface area contributed by atoms with Gasteiger partial charge in [0.25, 0.3) is 0 Å². The average Bonchev–Trinajstić information content (AvgIpc) is 3.35. The van der Waals surface area contributed by atoms with Crippen LogP contribution >= 0.6 is 0 Å². The Balaban J connectivity index is 1.65. The average molecular weight is 324 g/mol. The van der Waals surface area contributed by atoms with Crippen molar-refractivity contribution in [2.24, 2.45) is 5.92 Å². The molecule has 2 aromatic rings. The summed E-state index contributed by atoms with van der Waals surface area (Å²) >= 11 is 0. The van der Waals surface area contributed by atoms with Gasteiger partial charge in [0.2, 0.25) is 5.91 Å². The molecule has 24 heavy (non-hydrogen) atoms. The molecule has 0 aliphatic heterocycles. The predicted octanol–water partition coefficient (Wildman–Crippen LogP) is 3.50. The van der Waals surface area contributed by atoms with Crippen LogP contribution in [0.2, 0.25) is 0 Å². The maximum Gasteiger partial charge on any atom is 0.228 e. The molecule has 0 radical (unpaired) electrons. The lowest BCUT2D eigenvalue weighted by Gasteiger charge is -2.12. The Hall–Kier alpha value is -2.33. The van der Waals surface area contributed by atoms with Crippen LogP contribution in [0.1, 0.15) is 23.5 Å². The van der Waals surface area contributed by atoms with E-state index in [1.165, 1.54) is 5.56 Å². The first-order chi connectivity index (χ1) is 11.6. The van der Waals surface area contributed by atoms with Crippen molar-refractivity contribution in [2.75, 3.05) is 26.5 Å². The largest absolute Gasteiger partial charge is 0.496 e. The van der Waals surface area contributed by atoms with Gasteiger partial charge in [-0.2, -0.15) is 0 Å². The molecule has 4 nitrogen and oxygen atoms in total. The summed E-state index contributed by atoms with van der Waals surface area (Å²) in [5.41, 5.74) is 3.18. The van der Waals surface area contributed by atoms with Crippen molar-refractivity contribution >= 4 is 11.6 Å². The van der Waals surface area contributed by atoms with E-state index in [9.17, 15) is 4.79 Å². The van der Waals surface area contributed by atoms with Gasteiger partial charge < -0.3 is 15.0 Å². The summed E-state index contributed by atoms with van der Waals surface area (Å²) in [6.07, 6.45) is 0.879. The van der Waals surface area contributed by atoms with E-state index in [4.69, 9.17) is 4.74 Å². The van der Waals surface area contributed by atoms with Crippen molar-refractivity contribution < 1.29 is 9.53 Å². The molecule has 1 fully saturated rings. The summed E-state index contributed by atoms with van der Waals surface area (Å²) in [4.78, 5) is 14.6. The Morgan fingerprint density at radius 2 is 2.00 bits per heavy atom. The number of amides is 1. The summed E-state index contributed by atoms with van der Waals surface area (Å²) in [7, 11) is 5.74. The fraction of sp³-hybridized carbons (Fsp3) is 0.350. The van der Waals surface area contributed by atoms with Crippen molar-refractivity contribution in [3.05, 3.63) is 59.7 Å². The number of hydrogen-bond donors (Lipinski definition) is 1. The fourth-order valence-electron chi connectivity index (χ4n) is 3.15. The molecule has 4 heteroatoms. The van der Waals surface area contributed by atoms with Crippen molar-refractivity contribution in [3.8, 4) is 5.75 Å². The van der Waals surface area contributed by atoms with E-state index >= 15 is 0 Å². The Labute approximate surface area is 143 Å². The summed E-state index contributed by atoms with van der Waals surface area (Å²) in [6, 6.07) is 16.0. The molecule has 1 N–H and O–H groups in total. The van der Waals surface area contributed by atoms with Crippen LogP contribution in [0.25, 0.3) is 0 Å². The molecule has 0 saturated heterocycles. The van der Waals surface area contributed by atoms with Gasteiger partial charge in [-0.25, -0.2) is 0 Å². The van der Waals surface area contributed by atoms with Crippen LogP contribution in [0.3, 0.4) is 0 Å². The normalized spacial score (nSPS) is 19.2. The van der Waals surface area contributed by atoms with Gasteiger partial charge in [-0.1, -0.05) is 30.3 Å². The van der Waals surface area contributed by atoms with Crippen LogP contribution in [-0.2, 0) is 11.3 Å². The van der Waals surface area contributed by atoms with Gasteiger partial charge in [0, 0.05) is 18.2 Å². The summed E-state index contributed by atoms with van der Waals surface area (Å²) in [5.74, 6) is 1.24. The highest BCUT2D eigenvalue weighted by Crippen LogP contribution is 2.50. The van der Waals surface area contributed by atoms with Crippen LogP contribution in [0.5, 0.6) is 5.75 Å². The zero-order chi connectivity index (χ0) is 17.1. The molecule has 0 heterocycles. The van der Waals surface area contributed by atoms with Crippen LogP contribution < -0.4 is 10.1 Å². The lowest BCUT2D eigenvalue weighted by Crippen LogP contribution is -2.15. The zero-order valence-corrected chi connectivity index (χ0v) is 14.5. The van der Waals surface area contributed by atoms with E-state index in [1.807, 2.05) is 50.5 Å². The minimum atomic E-state index is 0.0267. The molecule has 0 aromatic heterocycles. The van der Waals surface area contributed by atoms with E-state index in [2.05, 4.69) is 22.3 Å². The smallest absolute Gasteiger partial charge is 0.228 e. The first kappa shape index (κ1) is 16.5. The number of carbonyl (C=O) groups excluding carboxylic acids is 1. The number of methoxy groups -OCH3 is 1. The Kier molecular flexibility index (Phi) is 4.86. The van der Waals surface area contributed by atoms with Crippen LogP contribution in [0, 0.1) is 5.92 Å². The fourth-order valence-corrected chi connectivity index (χ4v) is 3.15. The van der Waals surface area contributed by atoms with E-state index in [0.717, 1.165) is 30.0 Å². The Morgan fingerprint density at radius 1 is 1.21 bits per heavy atom. The van der Waals surface area contributed by atoms with E-state index in [0.29, 0.717) is 0 Å². The van der Waals surface area contributed by atoms with E-state index in [-0.39, 0.29) is 17.7 Å². The number of para-hydroxylation sites is 1. The van der Waals surface area contributed by atoms with E-state index < -0.39 is 0 Å². The lowest BCUT2D eigenvalue weighted by atomic mass is 10.1. The highest BCUT2D eigenvalue weighted by atomic mass is 16.5. The van der Waals surface area contributed by atoms with Gasteiger partial charge >= 0.3 is 0 Å². The number of carbonyl (C=O) groups is 1. The van der Waals surface area contributed by atoms with Crippen molar-refractivity contribution in [3.63, 3.8) is 0 Å². The Bertz CT molecular complexity index is 727. The summed E-state index contributed by atoms with van der Waals surface area (Å²) in [6.45, 7) is 0.858. The maximum atomic E-state index is 12.5. The third-order valence-electron chi connectivity index (χ3n) is 4.36. The molecule has 1 saturated carbocycles. The van der Waals surface area contributed by atoms with Crippen molar-refractivity contribution in [2.45, 2.75) is 18.9 Å². The van der Waals surface area contributed by atoms with Gasteiger partial charge in [-0.05, 0) is 55.8 Å². The van der Waals surface area contributed by atoms with Crippen LogP contribution in [0.15, 0.2) is 48.5 Å². The van der Waals surface area contributed by atoms with Gasteiger partial charge in [0.1, 0.15) is 5.75 Å². The Morgan fingerprint density at radius 3 is 2.75 bits per heavy atom. The minimum absolute atomic E-state index is 0.0267. The molecule has 2 aromatic carbocycles. The lowest BCUT2D eigenvalue weighted by molar-refractivity contribution is -0.117. The molecule has 1 amide bonds. The molecule has 126 valence electrons. The summed E-state index contributed by atoms with van der Waals surface area (Å²) in [5, 5.41) is 3.06. The second-order valence-electron chi connectivity index (χ2n) is 6.62. The topological polar surface area (TPSA) is 41.6 Å². The van der Waals surface area contributed by atoms with Crippen molar-refractivity contribution in [1.82, 2.24) is 4.90 Å². The van der Waals surface area contributed by atoms with E-state index in [1.54, 1.807) is 7.11 Å². The van der Waals surface area contributed by atoms with Crippen LogP contribution in [0.4, 0.5) is 5.69 Å². The quantitative estimate of drug-likeness (QED) is 0.884. The number of nitrogens with zero attached hydrogens (tertiary/aromatic N) is 1. The number of anilines is 1. The molecule has 0 unspecified atom stereocenters. The van der Waals surface area contributed by atoms with Gasteiger partial charge in [-0.15, -0.1) is 0 Å². The number of ether oxygens (including phenoxy) is 1.